The van der Waals surface area contributed by atoms with Gasteiger partial charge in [-0.15, -0.1) is 0 Å². The minimum Gasteiger partial charge on any atom is -0.0848 e. The highest BCUT2D eigenvalue weighted by atomic mass is 14.8. The summed E-state index contributed by atoms with van der Waals surface area (Å²) in [7, 11) is 0. The summed E-state index contributed by atoms with van der Waals surface area (Å²) in [6.07, 6.45) is 11.5. The van der Waals surface area contributed by atoms with Crippen LogP contribution in [-0.4, -0.2) is 0 Å². The van der Waals surface area contributed by atoms with Crippen molar-refractivity contribution in [3.05, 3.63) is 12.2 Å². The fourth-order valence-electron chi connectivity index (χ4n) is 7.15. The number of rotatable bonds is 0. The van der Waals surface area contributed by atoms with Gasteiger partial charge in [0.1, 0.15) is 0 Å². The molecule has 5 aliphatic rings. The molecule has 1 spiro atoms. The first-order chi connectivity index (χ1) is 7.32. The molecule has 0 aromatic rings. The van der Waals surface area contributed by atoms with Gasteiger partial charge in [-0.1, -0.05) is 19.1 Å². The number of hydrogen-bond acceptors (Lipinski definition) is 0. The van der Waals surface area contributed by atoms with E-state index in [0.717, 1.165) is 46.8 Å². The van der Waals surface area contributed by atoms with E-state index in [4.69, 9.17) is 0 Å². The van der Waals surface area contributed by atoms with Crippen LogP contribution < -0.4 is 0 Å². The third-order valence-electron chi connectivity index (χ3n) is 7.34. The smallest absolute Gasteiger partial charge is 0.0165 e. The first-order valence-corrected chi connectivity index (χ1v) is 7.00. The highest BCUT2D eigenvalue weighted by Crippen LogP contribution is 2.80. The second-order valence-electron chi connectivity index (χ2n) is 7.10. The van der Waals surface area contributed by atoms with E-state index in [2.05, 4.69) is 19.1 Å². The maximum absolute atomic E-state index is 2.61. The van der Waals surface area contributed by atoms with E-state index in [0.29, 0.717) is 0 Å². The molecule has 0 amide bonds. The zero-order chi connectivity index (χ0) is 9.78. The van der Waals surface area contributed by atoms with Crippen LogP contribution >= 0.6 is 0 Å². The minimum absolute atomic E-state index is 0.848. The van der Waals surface area contributed by atoms with Gasteiger partial charge in [-0.05, 0) is 72.5 Å². The van der Waals surface area contributed by atoms with Gasteiger partial charge >= 0.3 is 0 Å². The van der Waals surface area contributed by atoms with Crippen molar-refractivity contribution in [2.75, 3.05) is 0 Å². The van der Waals surface area contributed by atoms with Crippen LogP contribution in [0.3, 0.4) is 0 Å². The van der Waals surface area contributed by atoms with Crippen molar-refractivity contribution < 1.29 is 0 Å². The summed E-state index contributed by atoms with van der Waals surface area (Å²) < 4.78 is 0. The van der Waals surface area contributed by atoms with E-state index in [1.165, 1.54) is 6.42 Å². The number of fused-ring (bicyclic) bond motifs is 5. The lowest BCUT2D eigenvalue weighted by Gasteiger charge is -2.44. The summed E-state index contributed by atoms with van der Waals surface area (Å²) in [6, 6.07) is 0. The summed E-state index contributed by atoms with van der Waals surface area (Å²) in [5, 5.41) is 0. The zero-order valence-corrected chi connectivity index (χ0v) is 9.52. The van der Waals surface area contributed by atoms with Crippen LogP contribution in [0.4, 0.5) is 0 Å². The van der Waals surface area contributed by atoms with Crippen molar-refractivity contribution in [1.82, 2.24) is 0 Å². The molecule has 0 heteroatoms. The molecule has 0 aromatic carbocycles. The third-order valence-corrected chi connectivity index (χ3v) is 7.34. The summed E-state index contributed by atoms with van der Waals surface area (Å²) >= 11 is 0. The van der Waals surface area contributed by atoms with E-state index < -0.39 is 0 Å². The van der Waals surface area contributed by atoms with Gasteiger partial charge in [-0.3, -0.25) is 0 Å². The molecule has 4 bridgehead atoms. The SMILES string of the molecule is CC1C2CCC34C5C=CC(C5)C3C1CC24. The Morgan fingerprint density at radius 2 is 2.07 bits per heavy atom. The fraction of sp³-hybridized carbons (Fsp3) is 0.867. The third kappa shape index (κ3) is 0.588. The maximum Gasteiger partial charge on any atom is -0.0165 e. The van der Waals surface area contributed by atoms with Gasteiger partial charge in [-0.2, -0.15) is 0 Å². The van der Waals surface area contributed by atoms with Crippen LogP contribution in [0.25, 0.3) is 0 Å². The monoisotopic (exact) mass is 200 g/mol. The Morgan fingerprint density at radius 3 is 3.00 bits per heavy atom. The van der Waals surface area contributed by atoms with Gasteiger partial charge in [0.15, 0.2) is 0 Å². The molecule has 0 aliphatic heterocycles. The van der Waals surface area contributed by atoms with Crippen molar-refractivity contribution in [3.63, 3.8) is 0 Å². The average Bonchev–Trinajstić information content (AvgIpc) is 2.93. The highest BCUT2D eigenvalue weighted by Gasteiger charge is 2.73. The predicted octanol–water partition coefficient (Wildman–Crippen LogP) is 3.49. The van der Waals surface area contributed by atoms with E-state index >= 15 is 0 Å². The molecule has 4 fully saturated rings. The summed E-state index contributed by atoms with van der Waals surface area (Å²) in [4.78, 5) is 0. The van der Waals surface area contributed by atoms with Crippen LogP contribution in [0, 0.1) is 46.8 Å². The maximum atomic E-state index is 2.61. The lowest BCUT2D eigenvalue weighted by atomic mass is 9.60. The molecule has 4 saturated carbocycles. The molecular formula is C15H20. The van der Waals surface area contributed by atoms with Gasteiger partial charge in [0.2, 0.25) is 0 Å². The van der Waals surface area contributed by atoms with E-state index in [-0.39, 0.29) is 0 Å². The zero-order valence-electron chi connectivity index (χ0n) is 9.52. The van der Waals surface area contributed by atoms with Crippen molar-refractivity contribution in [2.24, 2.45) is 46.8 Å². The van der Waals surface area contributed by atoms with Gasteiger partial charge in [0.05, 0.1) is 0 Å². The first kappa shape index (κ1) is 7.92. The molecule has 0 saturated heterocycles. The quantitative estimate of drug-likeness (QED) is 0.525. The summed E-state index contributed by atoms with van der Waals surface area (Å²) in [5.41, 5.74) is 0.848. The summed E-state index contributed by atoms with van der Waals surface area (Å²) in [5.74, 6) is 7.64. The Labute approximate surface area is 92.1 Å². The Balaban J connectivity index is 1.76. The molecule has 5 rings (SSSR count). The van der Waals surface area contributed by atoms with Crippen molar-refractivity contribution >= 4 is 0 Å². The van der Waals surface area contributed by atoms with Gasteiger partial charge in [0, 0.05) is 0 Å². The molecule has 8 atom stereocenters. The van der Waals surface area contributed by atoms with Gasteiger partial charge < -0.3 is 0 Å². The normalized spacial score (nSPS) is 71.9. The first-order valence-electron chi connectivity index (χ1n) is 7.00. The molecular weight excluding hydrogens is 180 g/mol. The van der Waals surface area contributed by atoms with Gasteiger partial charge in [-0.25, -0.2) is 0 Å². The molecule has 80 valence electrons. The van der Waals surface area contributed by atoms with E-state index in [9.17, 15) is 0 Å². The lowest BCUT2D eigenvalue weighted by molar-refractivity contribution is 0.0539. The van der Waals surface area contributed by atoms with Crippen LogP contribution in [-0.2, 0) is 0 Å². The Hall–Kier alpha value is -0.260. The average molecular weight is 200 g/mol. The van der Waals surface area contributed by atoms with Crippen LogP contribution in [0.5, 0.6) is 0 Å². The molecule has 0 aromatic heterocycles. The predicted molar refractivity (Wildman–Crippen MR) is 60.1 cm³/mol. The van der Waals surface area contributed by atoms with E-state index in [1.807, 2.05) is 0 Å². The second-order valence-corrected chi connectivity index (χ2v) is 7.10. The number of allylic oxidation sites excluding steroid dienone is 2. The molecule has 15 heavy (non-hydrogen) atoms. The standard InChI is InChI=1S/C15H20/c1-8-11-4-5-15-10-3-2-9(6-10)14(15)12(8)7-13(11)15/h2-3,8-14H,4-7H2,1H3. The Morgan fingerprint density at radius 1 is 1.13 bits per heavy atom. The molecule has 8 unspecified atom stereocenters. The second kappa shape index (κ2) is 2.08. The van der Waals surface area contributed by atoms with Crippen LogP contribution in [0.1, 0.15) is 32.6 Å². The minimum atomic E-state index is 0.848. The molecule has 0 N–H and O–H groups in total. The Bertz CT molecular complexity index is 368. The van der Waals surface area contributed by atoms with E-state index in [1.54, 1.807) is 19.3 Å². The largest absolute Gasteiger partial charge is 0.0848 e. The van der Waals surface area contributed by atoms with Crippen LogP contribution in [0.2, 0.25) is 0 Å². The summed E-state index contributed by atoms with van der Waals surface area (Å²) in [6.45, 7) is 2.57. The molecule has 0 heterocycles. The van der Waals surface area contributed by atoms with Crippen molar-refractivity contribution in [1.29, 1.82) is 0 Å². The van der Waals surface area contributed by atoms with Crippen molar-refractivity contribution in [3.8, 4) is 0 Å². The molecule has 0 nitrogen and oxygen atoms in total. The molecule has 0 radical (unpaired) electrons. The lowest BCUT2D eigenvalue weighted by Crippen LogP contribution is -2.40. The van der Waals surface area contributed by atoms with Gasteiger partial charge in [0.25, 0.3) is 0 Å². The van der Waals surface area contributed by atoms with Crippen molar-refractivity contribution in [2.45, 2.75) is 32.6 Å². The van der Waals surface area contributed by atoms with Crippen LogP contribution in [0.15, 0.2) is 12.2 Å². The number of hydrogen-bond donors (Lipinski definition) is 0. The fourth-order valence-corrected chi connectivity index (χ4v) is 7.15. The Kier molecular flexibility index (Phi) is 1.10. The molecule has 5 aliphatic carbocycles. The topological polar surface area (TPSA) is 0 Å². The highest BCUT2D eigenvalue weighted by molar-refractivity contribution is 5.29.